The van der Waals surface area contributed by atoms with Gasteiger partial charge in [-0.15, -0.1) is 11.6 Å². The van der Waals surface area contributed by atoms with E-state index in [0.717, 1.165) is 0 Å². The number of hydrogen-bond acceptors (Lipinski definition) is 3. The molecule has 0 fully saturated rings. The molecule has 0 saturated carbocycles. The molecule has 0 aliphatic rings. The minimum atomic E-state index is -0.660. The largest absolute Gasteiger partial charge is 0.467 e. The molecule has 4 heteroatoms. The molecule has 0 aromatic carbocycles. The van der Waals surface area contributed by atoms with Crippen molar-refractivity contribution < 1.29 is 14.3 Å². The molecule has 0 radical (unpaired) electrons. The molecule has 0 saturated heterocycles. The summed E-state index contributed by atoms with van der Waals surface area (Å²) in [4.78, 5) is 10.8. The van der Waals surface area contributed by atoms with E-state index < -0.39 is 12.1 Å². The Morgan fingerprint density at radius 1 is 1.50 bits per heavy atom. The van der Waals surface area contributed by atoms with Crippen LogP contribution in [0.15, 0.2) is 0 Å². The van der Waals surface area contributed by atoms with Crippen LogP contribution in [-0.2, 0) is 14.3 Å². The number of methoxy groups -OCH3 is 2. The molecule has 2 unspecified atom stereocenters. The summed E-state index contributed by atoms with van der Waals surface area (Å²) in [6, 6.07) is 0. The molecular formula is C6H11ClO3. The maximum absolute atomic E-state index is 10.8. The summed E-state index contributed by atoms with van der Waals surface area (Å²) in [5.41, 5.74) is 0. The SMILES string of the molecule is COC(=O)C(OC)C(C)Cl. The smallest absolute Gasteiger partial charge is 0.336 e. The van der Waals surface area contributed by atoms with Gasteiger partial charge in [-0.1, -0.05) is 0 Å². The molecule has 0 aromatic heterocycles. The molecule has 0 N–H and O–H groups in total. The molecule has 0 aliphatic carbocycles. The van der Waals surface area contributed by atoms with Crippen LogP contribution in [0.25, 0.3) is 0 Å². The molecule has 0 aromatic rings. The molecule has 0 rings (SSSR count). The van der Waals surface area contributed by atoms with E-state index >= 15 is 0 Å². The fourth-order valence-corrected chi connectivity index (χ4v) is 0.793. The van der Waals surface area contributed by atoms with Crippen LogP contribution in [0.1, 0.15) is 6.92 Å². The Morgan fingerprint density at radius 3 is 2.10 bits per heavy atom. The molecule has 0 spiro atoms. The zero-order chi connectivity index (χ0) is 8.15. The highest BCUT2D eigenvalue weighted by Gasteiger charge is 2.23. The average molecular weight is 167 g/mol. The number of carbonyl (C=O) groups excluding carboxylic acids is 1. The first-order valence-corrected chi connectivity index (χ1v) is 3.31. The van der Waals surface area contributed by atoms with E-state index in [1.807, 2.05) is 0 Å². The van der Waals surface area contributed by atoms with Crippen LogP contribution in [0.5, 0.6) is 0 Å². The van der Waals surface area contributed by atoms with Crippen molar-refractivity contribution in [3.05, 3.63) is 0 Å². The fourth-order valence-electron chi connectivity index (χ4n) is 0.587. The van der Waals surface area contributed by atoms with Crippen molar-refractivity contribution in [2.75, 3.05) is 14.2 Å². The van der Waals surface area contributed by atoms with Crippen LogP contribution in [0.4, 0.5) is 0 Å². The summed E-state index contributed by atoms with van der Waals surface area (Å²) in [5.74, 6) is -0.440. The van der Waals surface area contributed by atoms with Gasteiger partial charge in [0.25, 0.3) is 0 Å². The lowest BCUT2D eigenvalue weighted by molar-refractivity contribution is -0.152. The van der Waals surface area contributed by atoms with Crippen molar-refractivity contribution in [2.24, 2.45) is 0 Å². The monoisotopic (exact) mass is 166 g/mol. The summed E-state index contributed by atoms with van der Waals surface area (Å²) < 4.78 is 9.17. The number of rotatable bonds is 3. The van der Waals surface area contributed by atoms with Crippen LogP contribution in [-0.4, -0.2) is 31.7 Å². The number of ether oxygens (including phenoxy) is 2. The molecule has 0 amide bonds. The van der Waals surface area contributed by atoms with Gasteiger partial charge in [-0.25, -0.2) is 4.79 Å². The zero-order valence-electron chi connectivity index (χ0n) is 6.26. The van der Waals surface area contributed by atoms with Crippen molar-refractivity contribution in [3.8, 4) is 0 Å². The molecule has 0 heterocycles. The van der Waals surface area contributed by atoms with Gasteiger partial charge < -0.3 is 9.47 Å². The molecule has 10 heavy (non-hydrogen) atoms. The van der Waals surface area contributed by atoms with Crippen molar-refractivity contribution in [2.45, 2.75) is 18.4 Å². The zero-order valence-corrected chi connectivity index (χ0v) is 7.01. The average Bonchev–Trinajstić information content (AvgIpc) is 1.88. The maximum atomic E-state index is 10.8. The van der Waals surface area contributed by atoms with E-state index in [4.69, 9.17) is 16.3 Å². The van der Waals surface area contributed by atoms with Crippen LogP contribution in [0.3, 0.4) is 0 Å². The highest BCUT2D eigenvalue weighted by atomic mass is 35.5. The lowest BCUT2D eigenvalue weighted by Gasteiger charge is -2.13. The van der Waals surface area contributed by atoms with E-state index in [1.54, 1.807) is 6.92 Å². The fraction of sp³-hybridized carbons (Fsp3) is 0.833. The number of esters is 1. The molecule has 60 valence electrons. The quantitative estimate of drug-likeness (QED) is 0.460. The van der Waals surface area contributed by atoms with Gasteiger partial charge in [-0.2, -0.15) is 0 Å². The predicted molar refractivity (Wildman–Crippen MR) is 38.1 cm³/mol. The third kappa shape index (κ3) is 2.54. The highest BCUT2D eigenvalue weighted by Crippen LogP contribution is 2.06. The van der Waals surface area contributed by atoms with Gasteiger partial charge in [0.1, 0.15) is 0 Å². The highest BCUT2D eigenvalue weighted by molar-refractivity contribution is 6.22. The third-order valence-electron chi connectivity index (χ3n) is 1.10. The first kappa shape index (κ1) is 9.72. The van der Waals surface area contributed by atoms with Gasteiger partial charge >= 0.3 is 5.97 Å². The molecule has 3 nitrogen and oxygen atoms in total. The van der Waals surface area contributed by atoms with E-state index in [0.29, 0.717) is 0 Å². The summed E-state index contributed by atoms with van der Waals surface area (Å²) in [7, 11) is 2.72. The van der Waals surface area contributed by atoms with Gasteiger partial charge in [0.05, 0.1) is 12.5 Å². The first-order valence-electron chi connectivity index (χ1n) is 2.88. The van der Waals surface area contributed by atoms with Crippen molar-refractivity contribution in [3.63, 3.8) is 0 Å². The van der Waals surface area contributed by atoms with E-state index in [9.17, 15) is 4.79 Å². The number of carbonyl (C=O) groups is 1. The van der Waals surface area contributed by atoms with Gasteiger partial charge in [0, 0.05) is 7.11 Å². The normalized spacial score (nSPS) is 16.0. The number of alkyl halides is 1. The van der Waals surface area contributed by atoms with Crippen molar-refractivity contribution in [1.29, 1.82) is 0 Å². The van der Waals surface area contributed by atoms with E-state index in [-0.39, 0.29) is 5.38 Å². The van der Waals surface area contributed by atoms with E-state index in [1.165, 1.54) is 14.2 Å². The van der Waals surface area contributed by atoms with Crippen LogP contribution in [0, 0.1) is 0 Å². The third-order valence-corrected chi connectivity index (χ3v) is 1.33. The summed E-state index contributed by atoms with van der Waals surface area (Å²) >= 11 is 5.59. The Bertz CT molecular complexity index is 114. The lowest BCUT2D eigenvalue weighted by atomic mass is 10.3. The summed E-state index contributed by atoms with van der Waals surface area (Å²) in [6.45, 7) is 1.67. The second-order valence-electron chi connectivity index (χ2n) is 1.86. The van der Waals surface area contributed by atoms with Gasteiger partial charge in [-0.05, 0) is 6.92 Å². The van der Waals surface area contributed by atoms with Crippen molar-refractivity contribution >= 4 is 17.6 Å². The molecule has 0 aliphatic heterocycles. The lowest BCUT2D eigenvalue weighted by Crippen LogP contribution is -2.31. The molecular weight excluding hydrogens is 156 g/mol. The van der Waals surface area contributed by atoms with Crippen LogP contribution >= 0.6 is 11.6 Å². The predicted octanol–water partition coefficient (Wildman–Crippen LogP) is 0.802. The second kappa shape index (κ2) is 4.52. The standard InChI is InChI=1S/C6H11ClO3/c1-4(7)5(9-2)6(8)10-3/h4-5H,1-3H3. The number of hydrogen-bond donors (Lipinski definition) is 0. The van der Waals surface area contributed by atoms with Crippen molar-refractivity contribution in [1.82, 2.24) is 0 Å². The maximum Gasteiger partial charge on any atom is 0.336 e. The van der Waals surface area contributed by atoms with Gasteiger partial charge in [0.15, 0.2) is 6.10 Å². The molecule has 2 atom stereocenters. The van der Waals surface area contributed by atoms with E-state index in [2.05, 4.69) is 4.74 Å². The Hall–Kier alpha value is -0.280. The number of halogens is 1. The Kier molecular flexibility index (Phi) is 4.40. The van der Waals surface area contributed by atoms with Crippen LogP contribution < -0.4 is 0 Å². The van der Waals surface area contributed by atoms with Gasteiger partial charge in [-0.3, -0.25) is 0 Å². The summed E-state index contributed by atoms with van der Waals surface area (Å²) in [5, 5.41) is -0.363. The summed E-state index contributed by atoms with van der Waals surface area (Å²) in [6.07, 6.45) is -0.660. The Labute approximate surface area is 65.3 Å². The Balaban J connectivity index is 3.93. The van der Waals surface area contributed by atoms with Gasteiger partial charge in [0.2, 0.25) is 0 Å². The topological polar surface area (TPSA) is 35.5 Å². The first-order chi connectivity index (χ1) is 4.63. The van der Waals surface area contributed by atoms with Crippen LogP contribution in [0.2, 0.25) is 0 Å². The molecule has 0 bridgehead atoms. The minimum absolute atomic E-state index is 0.363. The Morgan fingerprint density at radius 2 is 2.00 bits per heavy atom. The second-order valence-corrected chi connectivity index (χ2v) is 2.55. The minimum Gasteiger partial charge on any atom is -0.467 e.